The molecule has 1 fully saturated rings. The molecule has 27 heavy (non-hydrogen) atoms. The Balaban J connectivity index is 1.58. The van der Waals surface area contributed by atoms with Crippen LogP contribution in [0.5, 0.6) is 5.75 Å². The monoisotopic (exact) mass is 386 g/mol. The van der Waals surface area contributed by atoms with Crippen LogP contribution in [0.3, 0.4) is 0 Å². The summed E-state index contributed by atoms with van der Waals surface area (Å²) in [5.41, 5.74) is 2.35. The predicted molar refractivity (Wildman–Crippen MR) is 113 cm³/mol. The van der Waals surface area contributed by atoms with Gasteiger partial charge in [0, 0.05) is 36.1 Å². The Hall–Kier alpha value is -2.08. The fraction of sp³-hybridized carbons (Fsp3) is 0.524. The zero-order valence-corrected chi connectivity index (χ0v) is 17.4. The molecule has 0 saturated heterocycles. The van der Waals surface area contributed by atoms with E-state index in [0.29, 0.717) is 6.54 Å². The van der Waals surface area contributed by atoms with E-state index in [0.717, 1.165) is 54.3 Å². The molecular weight excluding hydrogens is 356 g/mol. The Labute approximate surface area is 166 Å². The van der Waals surface area contributed by atoms with Crippen LogP contribution < -0.4 is 15.4 Å². The first kappa shape index (κ1) is 19.7. The number of nitrogens with zero attached hydrogens (tertiary/aromatic N) is 2. The molecule has 0 radical (unpaired) electrons. The number of guanidine groups is 1. The SMILES string of the molecule is CCNC(=NCc1ccc(C)cc1OCC1CC1)NCCc1ncc(C)s1. The first-order valence-electron chi connectivity index (χ1n) is 9.80. The summed E-state index contributed by atoms with van der Waals surface area (Å²) >= 11 is 1.75. The first-order chi connectivity index (χ1) is 13.1. The van der Waals surface area contributed by atoms with Crippen molar-refractivity contribution in [3.05, 3.63) is 45.4 Å². The van der Waals surface area contributed by atoms with Gasteiger partial charge in [-0.05, 0) is 51.2 Å². The van der Waals surface area contributed by atoms with Gasteiger partial charge in [-0.3, -0.25) is 0 Å². The second-order valence-electron chi connectivity index (χ2n) is 7.10. The van der Waals surface area contributed by atoms with Crippen LogP contribution in [-0.4, -0.2) is 30.6 Å². The third-order valence-corrected chi connectivity index (χ3v) is 5.42. The van der Waals surface area contributed by atoms with E-state index in [1.807, 2.05) is 6.20 Å². The number of aliphatic imine (C=N–C) groups is 1. The van der Waals surface area contributed by atoms with Crippen molar-refractivity contribution in [3.63, 3.8) is 0 Å². The maximum absolute atomic E-state index is 6.06. The van der Waals surface area contributed by atoms with Crippen molar-refractivity contribution < 1.29 is 4.74 Å². The predicted octanol–water partition coefficient (Wildman–Crippen LogP) is 3.85. The van der Waals surface area contributed by atoms with Crippen molar-refractivity contribution in [3.8, 4) is 5.75 Å². The molecule has 0 amide bonds. The lowest BCUT2D eigenvalue weighted by Gasteiger charge is -2.13. The molecular formula is C21H30N4OS. The van der Waals surface area contributed by atoms with Crippen molar-refractivity contribution in [2.45, 2.75) is 46.6 Å². The van der Waals surface area contributed by atoms with E-state index in [1.54, 1.807) is 11.3 Å². The van der Waals surface area contributed by atoms with Gasteiger partial charge in [0.15, 0.2) is 5.96 Å². The quantitative estimate of drug-likeness (QED) is 0.508. The summed E-state index contributed by atoms with van der Waals surface area (Å²) in [5.74, 6) is 2.55. The average Bonchev–Trinajstić information content (AvgIpc) is 3.39. The van der Waals surface area contributed by atoms with Gasteiger partial charge >= 0.3 is 0 Å². The molecule has 0 spiro atoms. The lowest BCUT2D eigenvalue weighted by Crippen LogP contribution is -2.38. The molecule has 0 bridgehead atoms. The first-order valence-corrected chi connectivity index (χ1v) is 10.6. The molecule has 0 unspecified atom stereocenters. The summed E-state index contributed by atoms with van der Waals surface area (Å²) in [5, 5.41) is 7.88. The number of hydrogen-bond donors (Lipinski definition) is 2. The zero-order chi connectivity index (χ0) is 19.1. The number of benzene rings is 1. The second-order valence-corrected chi connectivity index (χ2v) is 8.42. The standard InChI is InChI=1S/C21H30N4OS/c1-4-22-21(23-10-9-20-24-12-16(3)27-20)25-13-18-8-5-15(2)11-19(18)26-14-17-6-7-17/h5,8,11-12,17H,4,6-7,9-10,13-14H2,1-3H3,(H2,22,23,25). The third kappa shape index (κ3) is 6.54. The molecule has 5 nitrogen and oxygen atoms in total. The molecule has 146 valence electrons. The molecule has 1 heterocycles. The van der Waals surface area contributed by atoms with Crippen LogP contribution in [0.2, 0.25) is 0 Å². The van der Waals surface area contributed by atoms with Crippen LogP contribution in [0.4, 0.5) is 0 Å². The van der Waals surface area contributed by atoms with E-state index in [2.05, 4.69) is 54.6 Å². The minimum absolute atomic E-state index is 0.603. The van der Waals surface area contributed by atoms with Crippen molar-refractivity contribution in [2.24, 2.45) is 10.9 Å². The van der Waals surface area contributed by atoms with E-state index in [4.69, 9.17) is 9.73 Å². The van der Waals surface area contributed by atoms with Gasteiger partial charge in [0.1, 0.15) is 5.75 Å². The lowest BCUT2D eigenvalue weighted by molar-refractivity contribution is 0.296. The van der Waals surface area contributed by atoms with Gasteiger partial charge < -0.3 is 15.4 Å². The smallest absolute Gasteiger partial charge is 0.191 e. The molecule has 1 aliphatic carbocycles. The molecule has 0 atom stereocenters. The molecule has 0 aliphatic heterocycles. The van der Waals surface area contributed by atoms with Crippen LogP contribution in [0.25, 0.3) is 0 Å². The molecule has 2 aromatic rings. The number of thiazole rings is 1. The molecule has 6 heteroatoms. The molecule has 3 rings (SSSR count). The third-order valence-electron chi connectivity index (χ3n) is 4.45. The summed E-state index contributed by atoms with van der Waals surface area (Å²) in [4.78, 5) is 10.4. The van der Waals surface area contributed by atoms with Crippen molar-refractivity contribution >= 4 is 17.3 Å². The van der Waals surface area contributed by atoms with E-state index < -0.39 is 0 Å². The van der Waals surface area contributed by atoms with Gasteiger partial charge in [0.2, 0.25) is 0 Å². The summed E-state index contributed by atoms with van der Waals surface area (Å²) in [6.45, 7) is 9.35. The van der Waals surface area contributed by atoms with E-state index in [1.165, 1.54) is 23.3 Å². The molecule has 1 aromatic heterocycles. The summed E-state index contributed by atoms with van der Waals surface area (Å²) in [6, 6.07) is 6.38. The Bertz CT molecular complexity index is 767. The molecule has 1 aromatic carbocycles. The largest absolute Gasteiger partial charge is 0.493 e. The highest BCUT2D eigenvalue weighted by molar-refractivity contribution is 7.11. The number of aromatic nitrogens is 1. The zero-order valence-electron chi connectivity index (χ0n) is 16.5. The Morgan fingerprint density at radius 2 is 2.15 bits per heavy atom. The Morgan fingerprint density at radius 3 is 2.85 bits per heavy atom. The Morgan fingerprint density at radius 1 is 1.30 bits per heavy atom. The number of nitrogens with one attached hydrogen (secondary N) is 2. The van der Waals surface area contributed by atoms with Crippen molar-refractivity contribution in [1.82, 2.24) is 15.6 Å². The maximum Gasteiger partial charge on any atom is 0.191 e. The van der Waals surface area contributed by atoms with Gasteiger partial charge in [-0.2, -0.15) is 0 Å². The molecule has 1 aliphatic rings. The normalized spacial score (nSPS) is 14.3. The minimum atomic E-state index is 0.603. The van der Waals surface area contributed by atoms with Crippen LogP contribution in [0.15, 0.2) is 29.4 Å². The Kier molecular flexibility index (Phi) is 7.10. The van der Waals surface area contributed by atoms with Gasteiger partial charge in [0.05, 0.1) is 18.2 Å². The van der Waals surface area contributed by atoms with E-state index >= 15 is 0 Å². The highest BCUT2D eigenvalue weighted by Gasteiger charge is 2.22. The maximum atomic E-state index is 6.06. The van der Waals surface area contributed by atoms with Crippen LogP contribution in [0, 0.1) is 19.8 Å². The number of rotatable bonds is 9. The lowest BCUT2D eigenvalue weighted by atomic mass is 10.1. The van der Waals surface area contributed by atoms with Gasteiger partial charge in [0.25, 0.3) is 0 Å². The number of hydrogen-bond acceptors (Lipinski definition) is 4. The van der Waals surface area contributed by atoms with Crippen LogP contribution in [-0.2, 0) is 13.0 Å². The van der Waals surface area contributed by atoms with Gasteiger partial charge in [-0.15, -0.1) is 11.3 Å². The molecule has 2 N–H and O–H groups in total. The summed E-state index contributed by atoms with van der Waals surface area (Å²) < 4.78 is 6.06. The highest BCUT2D eigenvalue weighted by atomic mass is 32.1. The minimum Gasteiger partial charge on any atom is -0.493 e. The fourth-order valence-electron chi connectivity index (χ4n) is 2.73. The summed E-state index contributed by atoms with van der Waals surface area (Å²) in [7, 11) is 0. The summed E-state index contributed by atoms with van der Waals surface area (Å²) in [6.07, 6.45) is 5.43. The van der Waals surface area contributed by atoms with Gasteiger partial charge in [-0.25, -0.2) is 9.98 Å². The van der Waals surface area contributed by atoms with Crippen LogP contribution in [0.1, 0.15) is 40.8 Å². The van der Waals surface area contributed by atoms with Crippen molar-refractivity contribution in [2.75, 3.05) is 19.7 Å². The highest BCUT2D eigenvalue weighted by Crippen LogP contribution is 2.30. The molecule has 1 saturated carbocycles. The second kappa shape index (κ2) is 9.74. The number of aryl methyl sites for hydroxylation is 2. The number of ether oxygens (including phenoxy) is 1. The topological polar surface area (TPSA) is 58.5 Å². The van der Waals surface area contributed by atoms with E-state index in [9.17, 15) is 0 Å². The van der Waals surface area contributed by atoms with Gasteiger partial charge in [-0.1, -0.05) is 12.1 Å². The average molecular weight is 387 g/mol. The fourth-order valence-corrected chi connectivity index (χ4v) is 3.52. The van der Waals surface area contributed by atoms with Crippen LogP contribution >= 0.6 is 11.3 Å². The van der Waals surface area contributed by atoms with Crippen molar-refractivity contribution in [1.29, 1.82) is 0 Å². The van der Waals surface area contributed by atoms with E-state index in [-0.39, 0.29) is 0 Å².